The first kappa shape index (κ1) is 25.8. The van der Waals surface area contributed by atoms with Gasteiger partial charge in [-0.2, -0.15) is 5.10 Å². The van der Waals surface area contributed by atoms with Gasteiger partial charge in [0.1, 0.15) is 34.9 Å². The standard InChI is InChI=1S/C27H27FN6O5/c1-16(13-29-26(35)36)38-23-9-8-19(28)12-21(23)17(2)33-11-10-18-15-34-25(32-24(18)33)22(14-30-34)31-27(37)39-20-6-4-3-5-7-20/h3-9,12,14-17,29H,10-11,13H2,1-2H3,(H,31,37)(H,35,36)/t16-,17+/m0/s1. The number of aromatic nitrogens is 3. The summed E-state index contributed by atoms with van der Waals surface area (Å²) in [4.78, 5) is 30.2. The summed E-state index contributed by atoms with van der Waals surface area (Å²) in [5.74, 6) is 1.13. The highest BCUT2D eigenvalue weighted by Gasteiger charge is 2.30. The molecule has 2 atom stereocenters. The quantitative estimate of drug-likeness (QED) is 0.298. The van der Waals surface area contributed by atoms with Gasteiger partial charge < -0.3 is 24.8 Å². The van der Waals surface area contributed by atoms with Crippen LogP contribution >= 0.6 is 0 Å². The molecule has 2 aromatic carbocycles. The molecule has 2 aromatic heterocycles. The Morgan fingerprint density at radius 2 is 1.97 bits per heavy atom. The van der Waals surface area contributed by atoms with Crippen molar-refractivity contribution in [3.05, 3.63) is 77.9 Å². The van der Waals surface area contributed by atoms with Crippen LogP contribution in [0.3, 0.4) is 0 Å². The highest BCUT2D eigenvalue weighted by molar-refractivity contribution is 5.90. The normalized spacial score (nSPS) is 14.0. The number of fused-ring (bicyclic) bond motifs is 2. The molecule has 5 rings (SSSR count). The summed E-state index contributed by atoms with van der Waals surface area (Å²) in [6.45, 7) is 4.36. The molecule has 0 saturated heterocycles. The molecule has 3 N–H and O–H groups in total. The van der Waals surface area contributed by atoms with Gasteiger partial charge in [-0.3, -0.25) is 5.32 Å². The molecule has 0 spiro atoms. The summed E-state index contributed by atoms with van der Waals surface area (Å²) in [6, 6.07) is 12.6. The Bertz CT molecular complexity index is 1510. The molecule has 2 amide bonds. The molecule has 1 aliphatic heterocycles. The van der Waals surface area contributed by atoms with E-state index in [2.05, 4.69) is 15.7 Å². The zero-order valence-corrected chi connectivity index (χ0v) is 21.3. The van der Waals surface area contributed by atoms with Gasteiger partial charge >= 0.3 is 12.2 Å². The molecule has 12 heteroatoms. The molecule has 0 aliphatic carbocycles. The molecule has 4 aromatic rings. The molecule has 3 heterocycles. The van der Waals surface area contributed by atoms with E-state index >= 15 is 0 Å². The fourth-order valence-electron chi connectivity index (χ4n) is 4.52. The van der Waals surface area contributed by atoms with Gasteiger partial charge in [0, 0.05) is 23.9 Å². The molecule has 0 fully saturated rings. The van der Waals surface area contributed by atoms with Crippen molar-refractivity contribution in [2.24, 2.45) is 0 Å². The van der Waals surface area contributed by atoms with Crippen LogP contribution in [0.5, 0.6) is 11.5 Å². The number of benzene rings is 2. The third-order valence-electron chi connectivity index (χ3n) is 6.39. The highest BCUT2D eigenvalue weighted by Crippen LogP contribution is 2.38. The average Bonchev–Trinajstić information content (AvgIpc) is 3.51. The van der Waals surface area contributed by atoms with E-state index in [1.54, 1.807) is 41.8 Å². The lowest BCUT2D eigenvalue weighted by Crippen LogP contribution is -2.33. The minimum absolute atomic E-state index is 0.0797. The summed E-state index contributed by atoms with van der Waals surface area (Å²) in [5.41, 5.74) is 2.37. The molecule has 202 valence electrons. The maximum Gasteiger partial charge on any atom is 0.417 e. The fourth-order valence-corrected chi connectivity index (χ4v) is 4.52. The topological polar surface area (TPSA) is 130 Å². The lowest BCUT2D eigenvalue weighted by Gasteiger charge is -2.29. The van der Waals surface area contributed by atoms with Crippen molar-refractivity contribution in [1.29, 1.82) is 0 Å². The van der Waals surface area contributed by atoms with Gasteiger partial charge in [-0.05, 0) is 50.6 Å². The van der Waals surface area contributed by atoms with Crippen LogP contribution < -0.4 is 25.0 Å². The number of nitrogens with zero attached hydrogens (tertiary/aromatic N) is 4. The van der Waals surface area contributed by atoms with Gasteiger partial charge in [0.2, 0.25) is 0 Å². The number of carbonyl (C=O) groups is 2. The second-order valence-corrected chi connectivity index (χ2v) is 9.16. The van der Waals surface area contributed by atoms with Gasteiger partial charge in [-0.15, -0.1) is 0 Å². The zero-order chi connectivity index (χ0) is 27.5. The SMILES string of the molecule is C[C@H](c1cc(F)ccc1O[C@@H](C)CNC(=O)O)N1CCc2cn3ncc(NC(=O)Oc4ccccc4)c3nc21. The highest BCUT2D eigenvalue weighted by atomic mass is 19.1. The van der Waals surface area contributed by atoms with Gasteiger partial charge in [0.05, 0.1) is 18.8 Å². The lowest BCUT2D eigenvalue weighted by molar-refractivity contribution is 0.177. The first-order valence-electron chi connectivity index (χ1n) is 12.4. The molecule has 0 bridgehead atoms. The van der Waals surface area contributed by atoms with Crippen LogP contribution in [0.2, 0.25) is 0 Å². The number of para-hydroxylation sites is 1. The van der Waals surface area contributed by atoms with Crippen molar-refractivity contribution in [1.82, 2.24) is 19.9 Å². The Hall–Kier alpha value is -4.87. The second-order valence-electron chi connectivity index (χ2n) is 9.16. The number of carbonyl (C=O) groups excluding carboxylic acids is 1. The average molecular weight is 535 g/mol. The number of carboxylic acid groups (broad SMARTS) is 1. The first-order chi connectivity index (χ1) is 18.8. The fraction of sp³-hybridized carbons (Fsp3) is 0.259. The number of anilines is 2. The van der Waals surface area contributed by atoms with Gasteiger partial charge in [0.15, 0.2) is 5.65 Å². The van der Waals surface area contributed by atoms with Crippen LogP contribution in [-0.4, -0.2) is 51.1 Å². The predicted molar refractivity (Wildman–Crippen MR) is 141 cm³/mol. The number of amides is 2. The molecule has 0 unspecified atom stereocenters. The van der Waals surface area contributed by atoms with E-state index in [-0.39, 0.29) is 12.6 Å². The summed E-state index contributed by atoms with van der Waals surface area (Å²) < 4.78 is 27.2. The largest absolute Gasteiger partial charge is 0.489 e. The monoisotopic (exact) mass is 534 g/mol. The summed E-state index contributed by atoms with van der Waals surface area (Å²) in [6.07, 6.45) is 1.77. The molecule has 0 radical (unpaired) electrons. The number of hydrogen-bond donors (Lipinski definition) is 3. The third kappa shape index (κ3) is 5.69. The lowest BCUT2D eigenvalue weighted by atomic mass is 10.1. The number of nitrogens with one attached hydrogen (secondary N) is 2. The molecule has 1 aliphatic rings. The van der Waals surface area contributed by atoms with Crippen molar-refractivity contribution in [2.45, 2.75) is 32.4 Å². The number of hydrogen-bond acceptors (Lipinski definition) is 7. The minimum Gasteiger partial charge on any atom is -0.489 e. The van der Waals surface area contributed by atoms with Gasteiger partial charge in [0.25, 0.3) is 0 Å². The van der Waals surface area contributed by atoms with Crippen LogP contribution in [0.25, 0.3) is 5.65 Å². The summed E-state index contributed by atoms with van der Waals surface area (Å²) in [7, 11) is 0. The van der Waals surface area contributed by atoms with E-state index in [4.69, 9.17) is 19.6 Å². The van der Waals surface area contributed by atoms with E-state index in [0.29, 0.717) is 47.2 Å². The Balaban J connectivity index is 1.39. The van der Waals surface area contributed by atoms with Crippen LogP contribution in [0.1, 0.15) is 31.0 Å². The molecule has 0 saturated carbocycles. The Morgan fingerprint density at radius 3 is 2.74 bits per heavy atom. The maximum absolute atomic E-state index is 14.3. The zero-order valence-electron chi connectivity index (χ0n) is 21.3. The van der Waals surface area contributed by atoms with Crippen LogP contribution in [-0.2, 0) is 6.42 Å². The van der Waals surface area contributed by atoms with E-state index in [0.717, 1.165) is 5.56 Å². The number of ether oxygens (including phenoxy) is 2. The second kappa shape index (κ2) is 10.9. The van der Waals surface area contributed by atoms with Crippen molar-refractivity contribution in [3.8, 4) is 11.5 Å². The van der Waals surface area contributed by atoms with Crippen LogP contribution in [0.4, 0.5) is 25.5 Å². The number of halogens is 1. The molecule has 11 nitrogen and oxygen atoms in total. The van der Waals surface area contributed by atoms with E-state index in [1.807, 2.05) is 24.1 Å². The third-order valence-corrected chi connectivity index (χ3v) is 6.39. The Labute approximate surface area is 223 Å². The molecular weight excluding hydrogens is 507 g/mol. The Kier molecular flexibility index (Phi) is 7.17. The van der Waals surface area contributed by atoms with Crippen molar-refractivity contribution in [2.75, 3.05) is 23.3 Å². The van der Waals surface area contributed by atoms with Crippen LogP contribution in [0, 0.1) is 5.82 Å². The van der Waals surface area contributed by atoms with E-state index in [9.17, 15) is 14.0 Å². The summed E-state index contributed by atoms with van der Waals surface area (Å²) >= 11 is 0. The van der Waals surface area contributed by atoms with Crippen molar-refractivity contribution in [3.63, 3.8) is 0 Å². The Morgan fingerprint density at radius 1 is 1.18 bits per heavy atom. The smallest absolute Gasteiger partial charge is 0.417 e. The van der Waals surface area contributed by atoms with Crippen LogP contribution in [0.15, 0.2) is 60.9 Å². The summed E-state index contributed by atoms with van der Waals surface area (Å²) in [5, 5.41) is 18.2. The molecule has 39 heavy (non-hydrogen) atoms. The van der Waals surface area contributed by atoms with Gasteiger partial charge in [-0.25, -0.2) is 23.5 Å². The first-order valence-corrected chi connectivity index (χ1v) is 12.4. The van der Waals surface area contributed by atoms with Crippen molar-refractivity contribution >= 4 is 29.3 Å². The van der Waals surface area contributed by atoms with E-state index < -0.39 is 24.1 Å². The van der Waals surface area contributed by atoms with E-state index in [1.165, 1.54) is 18.3 Å². The van der Waals surface area contributed by atoms with Gasteiger partial charge in [-0.1, -0.05) is 18.2 Å². The predicted octanol–water partition coefficient (Wildman–Crippen LogP) is 4.64. The maximum atomic E-state index is 14.3. The number of rotatable bonds is 8. The van der Waals surface area contributed by atoms with Crippen molar-refractivity contribution < 1.29 is 28.6 Å². The molecular formula is C27H27FN6O5. The minimum atomic E-state index is -1.15.